The summed E-state index contributed by atoms with van der Waals surface area (Å²) >= 11 is 8.70. The second kappa shape index (κ2) is 6.75. The molecule has 0 radical (unpaired) electrons. The molecule has 18 heavy (non-hydrogen) atoms. The Labute approximate surface area is 121 Å². The van der Waals surface area contributed by atoms with E-state index in [1.54, 1.807) is 14.2 Å². The van der Waals surface area contributed by atoms with Crippen LogP contribution in [0.2, 0.25) is 0 Å². The predicted octanol–water partition coefficient (Wildman–Crippen LogP) is 3.71. The molecule has 0 fully saturated rings. The van der Waals surface area contributed by atoms with Gasteiger partial charge in [-0.1, -0.05) is 26.1 Å². The minimum absolute atomic E-state index is 0.420. The molecule has 1 N–H and O–H groups in total. The lowest BCUT2D eigenvalue weighted by Gasteiger charge is -2.29. The van der Waals surface area contributed by atoms with E-state index in [0.717, 1.165) is 28.8 Å². The fourth-order valence-corrected chi connectivity index (χ4v) is 2.45. The van der Waals surface area contributed by atoms with Crippen LogP contribution in [0.3, 0.4) is 0 Å². The van der Waals surface area contributed by atoms with Crippen LogP contribution >= 0.6 is 28.1 Å². The Morgan fingerprint density at radius 3 is 2.39 bits per heavy atom. The first-order valence-corrected chi connectivity index (χ1v) is 7.08. The third-order valence-electron chi connectivity index (χ3n) is 3.19. The van der Waals surface area contributed by atoms with Gasteiger partial charge in [0.15, 0.2) is 0 Å². The molecule has 0 saturated carbocycles. The van der Waals surface area contributed by atoms with Crippen LogP contribution in [0.15, 0.2) is 4.47 Å². The number of H-pyrrole nitrogens is 1. The highest BCUT2D eigenvalue weighted by Gasteiger charge is 2.31. The van der Waals surface area contributed by atoms with E-state index < -0.39 is 5.60 Å². The molecule has 0 amide bonds. The highest BCUT2D eigenvalue weighted by Crippen LogP contribution is 2.31. The van der Waals surface area contributed by atoms with Crippen molar-refractivity contribution in [2.45, 2.75) is 38.9 Å². The molecule has 1 aromatic heterocycles. The van der Waals surface area contributed by atoms with E-state index in [1.807, 2.05) is 0 Å². The number of methoxy groups -OCH3 is 2. The Morgan fingerprint density at radius 2 is 1.94 bits per heavy atom. The van der Waals surface area contributed by atoms with Gasteiger partial charge in [-0.15, -0.1) is 0 Å². The average Bonchev–Trinajstić information content (AvgIpc) is 2.38. The summed E-state index contributed by atoms with van der Waals surface area (Å²) in [7, 11) is 3.34. The van der Waals surface area contributed by atoms with Gasteiger partial charge in [-0.05, 0) is 28.8 Å². The molecule has 6 heteroatoms. The highest BCUT2D eigenvalue weighted by atomic mass is 79.9. The maximum absolute atomic E-state index is 5.65. The number of ether oxygens (including phenoxy) is 2. The molecule has 0 atom stereocenters. The number of rotatable bonds is 6. The minimum atomic E-state index is -0.420. The van der Waals surface area contributed by atoms with E-state index in [9.17, 15) is 0 Å². The van der Waals surface area contributed by atoms with Gasteiger partial charge < -0.3 is 14.5 Å². The lowest BCUT2D eigenvalue weighted by molar-refractivity contribution is -0.0296. The Kier molecular flexibility index (Phi) is 5.91. The van der Waals surface area contributed by atoms with Crippen molar-refractivity contribution in [3.8, 4) is 0 Å². The summed E-state index contributed by atoms with van der Waals surface area (Å²) < 4.78 is 12.1. The fourth-order valence-electron chi connectivity index (χ4n) is 1.94. The zero-order valence-corrected chi connectivity index (χ0v) is 13.6. The molecular formula is C12H19BrN2O2S. The van der Waals surface area contributed by atoms with Gasteiger partial charge in [0.05, 0.1) is 16.8 Å². The van der Waals surface area contributed by atoms with Crippen molar-refractivity contribution in [1.82, 2.24) is 9.97 Å². The van der Waals surface area contributed by atoms with E-state index >= 15 is 0 Å². The summed E-state index contributed by atoms with van der Waals surface area (Å²) in [5.41, 5.74) is 0.465. The van der Waals surface area contributed by atoms with Crippen molar-refractivity contribution >= 4 is 28.1 Å². The predicted molar refractivity (Wildman–Crippen MR) is 77.1 cm³/mol. The summed E-state index contributed by atoms with van der Waals surface area (Å²) in [6, 6.07) is 0. The van der Waals surface area contributed by atoms with E-state index in [1.165, 1.54) is 0 Å². The first-order chi connectivity index (χ1) is 8.54. The number of aromatic amines is 1. The largest absolute Gasteiger partial charge is 0.378 e. The zero-order valence-electron chi connectivity index (χ0n) is 11.2. The molecule has 1 aromatic rings. The fraction of sp³-hybridized carbons (Fsp3) is 0.667. The topological polar surface area (TPSA) is 47.1 Å². The summed E-state index contributed by atoms with van der Waals surface area (Å²) in [6.45, 7) is 4.60. The van der Waals surface area contributed by atoms with Gasteiger partial charge in [-0.25, -0.2) is 4.98 Å². The number of nitrogens with zero attached hydrogens (tertiary/aromatic N) is 1. The van der Waals surface area contributed by atoms with Crippen LogP contribution in [0, 0.1) is 4.64 Å². The zero-order chi connectivity index (χ0) is 13.8. The van der Waals surface area contributed by atoms with E-state index in [4.69, 9.17) is 21.7 Å². The molecule has 0 spiro atoms. The average molecular weight is 335 g/mol. The van der Waals surface area contributed by atoms with Crippen molar-refractivity contribution in [2.24, 2.45) is 0 Å². The lowest BCUT2D eigenvalue weighted by Crippen LogP contribution is -2.30. The van der Waals surface area contributed by atoms with Crippen LogP contribution in [0.4, 0.5) is 0 Å². The standard InChI is InChI=1S/C12H19BrN2O2S/c1-5-12(6-2,17-4)11-14-8(7-16-3)9(13)10(18)15-11/h5-7H2,1-4H3,(H,14,15,18). The van der Waals surface area contributed by atoms with E-state index in [0.29, 0.717) is 11.2 Å². The van der Waals surface area contributed by atoms with Crippen molar-refractivity contribution in [1.29, 1.82) is 0 Å². The lowest BCUT2D eigenvalue weighted by atomic mass is 9.96. The Balaban J connectivity index is 3.37. The summed E-state index contributed by atoms with van der Waals surface area (Å²) in [6.07, 6.45) is 1.65. The van der Waals surface area contributed by atoms with Crippen molar-refractivity contribution in [3.05, 3.63) is 20.6 Å². The normalized spacial score (nSPS) is 11.8. The monoisotopic (exact) mass is 334 g/mol. The van der Waals surface area contributed by atoms with Crippen LogP contribution in [-0.2, 0) is 21.7 Å². The molecule has 4 nitrogen and oxygen atoms in total. The first kappa shape index (κ1) is 15.8. The van der Waals surface area contributed by atoms with E-state index in [2.05, 4.69) is 39.7 Å². The molecule has 102 valence electrons. The molecule has 0 bridgehead atoms. The summed E-state index contributed by atoms with van der Waals surface area (Å²) in [5, 5.41) is 0. The molecule has 0 aliphatic rings. The Hall–Kier alpha value is -0.300. The van der Waals surface area contributed by atoms with Crippen LogP contribution < -0.4 is 0 Å². The van der Waals surface area contributed by atoms with Crippen molar-refractivity contribution in [3.63, 3.8) is 0 Å². The Morgan fingerprint density at radius 1 is 1.33 bits per heavy atom. The molecule has 0 aliphatic heterocycles. The van der Waals surface area contributed by atoms with Crippen LogP contribution in [0.1, 0.15) is 38.2 Å². The summed E-state index contributed by atoms with van der Waals surface area (Å²) in [4.78, 5) is 7.71. The smallest absolute Gasteiger partial charge is 0.144 e. The maximum atomic E-state index is 5.65. The molecule has 0 saturated heterocycles. The molecule has 0 aromatic carbocycles. The number of halogens is 1. The molecular weight excluding hydrogens is 316 g/mol. The molecule has 0 unspecified atom stereocenters. The third kappa shape index (κ3) is 2.99. The van der Waals surface area contributed by atoms with Gasteiger partial charge >= 0.3 is 0 Å². The number of hydrogen-bond acceptors (Lipinski definition) is 4. The van der Waals surface area contributed by atoms with Gasteiger partial charge in [0.2, 0.25) is 0 Å². The van der Waals surface area contributed by atoms with Crippen LogP contribution in [-0.4, -0.2) is 24.2 Å². The molecule has 1 heterocycles. The number of aromatic nitrogens is 2. The van der Waals surface area contributed by atoms with Gasteiger partial charge in [0.1, 0.15) is 16.1 Å². The highest BCUT2D eigenvalue weighted by molar-refractivity contribution is 9.10. The van der Waals surface area contributed by atoms with Crippen LogP contribution in [0.5, 0.6) is 0 Å². The quantitative estimate of drug-likeness (QED) is 0.805. The van der Waals surface area contributed by atoms with Crippen molar-refractivity contribution < 1.29 is 9.47 Å². The van der Waals surface area contributed by atoms with Crippen molar-refractivity contribution in [2.75, 3.05) is 14.2 Å². The minimum Gasteiger partial charge on any atom is -0.378 e. The van der Waals surface area contributed by atoms with Crippen LogP contribution in [0.25, 0.3) is 0 Å². The second-order valence-corrected chi connectivity index (χ2v) is 5.20. The maximum Gasteiger partial charge on any atom is 0.144 e. The Bertz CT molecular complexity index is 450. The van der Waals surface area contributed by atoms with Gasteiger partial charge in [0, 0.05) is 14.2 Å². The number of hydrogen-bond donors (Lipinski definition) is 1. The molecule has 0 aliphatic carbocycles. The molecule has 1 rings (SSSR count). The van der Waals surface area contributed by atoms with Gasteiger partial charge in [-0.2, -0.15) is 0 Å². The van der Waals surface area contributed by atoms with Gasteiger partial charge in [0.25, 0.3) is 0 Å². The first-order valence-electron chi connectivity index (χ1n) is 5.87. The van der Waals surface area contributed by atoms with E-state index in [-0.39, 0.29) is 0 Å². The second-order valence-electron chi connectivity index (χ2n) is 4.02. The number of nitrogens with one attached hydrogen (secondary N) is 1. The third-order valence-corrected chi connectivity index (χ3v) is 4.60. The SMILES string of the molecule is CCC(CC)(OC)c1nc(=S)c(Br)c(COC)[nH]1. The summed E-state index contributed by atoms with van der Waals surface area (Å²) in [5.74, 6) is 0.759. The van der Waals surface area contributed by atoms with Gasteiger partial charge in [-0.3, -0.25) is 0 Å².